The van der Waals surface area contributed by atoms with Crippen LogP contribution in [-0.4, -0.2) is 34.8 Å². The summed E-state index contributed by atoms with van der Waals surface area (Å²) in [6, 6.07) is 11.0. The minimum Gasteiger partial charge on any atom is -0.339 e. The first-order chi connectivity index (χ1) is 13.0. The molecule has 1 aromatic carbocycles. The molecule has 0 aliphatic heterocycles. The predicted molar refractivity (Wildman–Crippen MR) is 109 cm³/mol. The van der Waals surface area contributed by atoms with Crippen LogP contribution in [0.4, 0.5) is 5.69 Å². The van der Waals surface area contributed by atoms with Crippen molar-refractivity contribution in [1.29, 1.82) is 0 Å². The molecular formula is C22H29N3O2. The fourth-order valence-corrected chi connectivity index (χ4v) is 3.03. The van der Waals surface area contributed by atoms with E-state index >= 15 is 0 Å². The van der Waals surface area contributed by atoms with Crippen molar-refractivity contribution in [2.45, 2.75) is 46.5 Å². The molecule has 0 aliphatic rings. The van der Waals surface area contributed by atoms with E-state index in [-0.39, 0.29) is 17.5 Å². The lowest BCUT2D eigenvalue weighted by atomic mass is 10.0. The van der Waals surface area contributed by atoms with Crippen LogP contribution in [0, 0.1) is 0 Å². The summed E-state index contributed by atoms with van der Waals surface area (Å²) >= 11 is 0. The van der Waals surface area contributed by atoms with Crippen LogP contribution in [0.3, 0.4) is 0 Å². The normalized spacial score (nSPS) is 10.7. The van der Waals surface area contributed by atoms with Crippen LogP contribution in [-0.2, 0) is 0 Å². The van der Waals surface area contributed by atoms with Gasteiger partial charge in [0.25, 0.3) is 11.8 Å². The zero-order valence-electron chi connectivity index (χ0n) is 16.7. The number of carbonyl (C=O) groups excluding carboxylic acids is 2. The first-order valence-corrected chi connectivity index (χ1v) is 9.63. The Morgan fingerprint density at radius 1 is 1.07 bits per heavy atom. The SMILES string of the molecule is CCCN(CCC)C(=O)c1ccnc(C(=O)Nc2ccccc2C(C)C)c1. The van der Waals surface area contributed by atoms with Gasteiger partial charge in [-0.15, -0.1) is 0 Å². The molecule has 144 valence electrons. The molecule has 0 saturated carbocycles. The van der Waals surface area contributed by atoms with Gasteiger partial charge in [0.05, 0.1) is 0 Å². The molecule has 1 N–H and O–H groups in total. The standard InChI is InChI=1S/C22H29N3O2/c1-5-13-25(14-6-2)22(27)17-11-12-23-20(15-17)21(26)24-19-10-8-7-9-18(19)16(3)4/h7-12,15-16H,5-6,13-14H2,1-4H3,(H,24,26). The predicted octanol–water partition coefficient (Wildman–Crippen LogP) is 4.72. The van der Waals surface area contributed by atoms with E-state index in [9.17, 15) is 9.59 Å². The fourth-order valence-electron chi connectivity index (χ4n) is 3.03. The third-order valence-electron chi connectivity index (χ3n) is 4.34. The Kier molecular flexibility index (Phi) is 7.53. The van der Waals surface area contributed by atoms with Crippen molar-refractivity contribution in [3.8, 4) is 0 Å². The van der Waals surface area contributed by atoms with Gasteiger partial charge in [0.2, 0.25) is 0 Å². The number of nitrogens with one attached hydrogen (secondary N) is 1. The number of aromatic nitrogens is 1. The average Bonchev–Trinajstić information content (AvgIpc) is 2.67. The molecule has 27 heavy (non-hydrogen) atoms. The second-order valence-electron chi connectivity index (χ2n) is 6.92. The summed E-state index contributed by atoms with van der Waals surface area (Å²) in [5.41, 5.74) is 2.58. The highest BCUT2D eigenvalue weighted by atomic mass is 16.2. The number of nitrogens with zero attached hydrogens (tertiary/aromatic N) is 2. The van der Waals surface area contributed by atoms with Crippen molar-refractivity contribution in [2.75, 3.05) is 18.4 Å². The second kappa shape index (κ2) is 9.86. The Morgan fingerprint density at radius 3 is 2.37 bits per heavy atom. The zero-order valence-corrected chi connectivity index (χ0v) is 16.7. The minimum atomic E-state index is -0.310. The highest BCUT2D eigenvalue weighted by Crippen LogP contribution is 2.24. The van der Waals surface area contributed by atoms with Gasteiger partial charge in [-0.25, -0.2) is 0 Å². The highest BCUT2D eigenvalue weighted by Gasteiger charge is 2.17. The lowest BCUT2D eigenvalue weighted by molar-refractivity contribution is 0.0755. The third kappa shape index (κ3) is 5.39. The second-order valence-corrected chi connectivity index (χ2v) is 6.92. The molecule has 2 amide bonds. The molecule has 0 unspecified atom stereocenters. The largest absolute Gasteiger partial charge is 0.339 e. The van der Waals surface area contributed by atoms with Crippen molar-refractivity contribution in [2.24, 2.45) is 0 Å². The summed E-state index contributed by atoms with van der Waals surface area (Å²) < 4.78 is 0. The minimum absolute atomic E-state index is 0.0577. The van der Waals surface area contributed by atoms with Crippen LogP contribution in [0.2, 0.25) is 0 Å². The van der Waals surface area contributed by atoms with Crippen LogP contribution < -0.4 is 5.32 Å². The Bertz CT molecular complexity index is 781. The van der Waals surface area contributed by atoms with Crippen molar-refractivity contribution < 1.29 is 9.59 Å². The van der Waals surface area contributed by atoms with Gasteiger partial charge in [-0.2, -0.15) is 0 Å². The van der Waals surface area contributed by atoms with Gasteiger partial charge in [0, 0.05) is 30.5 Å². The molecular weight excluding hydrogens is 338 g/mol. The summed E-state index contributed by atoms with van der Waals surface area (Å²) in [7, 11) is 0. The van der Waals surface area contributed by atoms with E-state index in [1.807, 2.05) is 43.0 Å². The number of rotatable bonds is 8. The zero-order chi connectivity index (χ0) is 19.8. The first kappa shape index (κ1) is 20.6. The number of carbonyl (C=O) groups is 2. The molecule has 0 fully saturated rings. The highest BCUT2D eigenvalue weighted by molar-refractivity contribution is 6.05. The number of anilines is 1. The number of hydrogen-bond acceptors (Lipinski definition) is 3. The van der Waals surface area contributed by atoms with E-state index in [0.29, 0.717) is 24.6 Å². The van der Waals surface area contributed by atoms with E-state index in [2.05, 4.69) is 24.1 Å². The molecule has 2 rings (SSSR count). The van der Waals surface area contributed by atoms with Crippen LogP contribution in [0.25, 0.3) is 0 Å². The quantitative estimate of drug-likeness (QED) is 0.734. The molecule has 5 heteroatoms. The molecule has 1 aromatic heterocycles. The molecule has 0 saturated heterocycles. The van der Waals surface area contributed by atoms with Gasteiger partial charge < -0.3 is 10.2 Å². The summed E-state index contributed by atoms with van der Waals surface area (Å²) in [6.07, 6.45) is 3.32. The Balaban J connectivity index is 2.22. The van der Waals surface area contributed by atoms with E-state index in [1.165, 1.54) is 6.20 Å². The molecule has 1 heterocycles. The lowest BCUT2D eigenvalue weighted by Crippen LogP contribution is -2.32. The molecule has 0 atom stereocenters. The van der Waals surface area contributed by atoms with Crippen LogP contribution in [0.1, 0.15) is 72.9 Å². The van der Waals surface area contributed by atoms with Gasteiger partial charge in [0.15, 0.2) is 0 Å². The molecule has 5 nitrogen and oxygen atoms in total. The Hall–Kier alpha value is -2.69. The van der Waals surface area contributed by atoms with E-state index in [0.717, 1.165) is 24.1 Å². The Morgan fingerprint density at radius 2 is 1.74 bits per heavy atom. The fraction of sp³-hybridized carbons (Fsp3) is 0.409. The number of hydrogen-bond donors (Lipinski definition) is 1. The number of pyridine rings is 1. The monoisotopic (exact) mass is 367 g/mol. The van der Waals surface area contributed by atoms with Crippen molar-refractivity contribution in [1.82, 2.24) is 9.88 Å². The smallest absolute Gasteiger partial charge is 0.274 e. The maximum Gasteiger partial charge on any atom is 0.274 e. The first-order valence-electron chi connectivity index (χ1n) is 9.63. The van der Waals surface area contributed by atoms with E-state index in [4.69, 9.17) is 0 Å². The summed E-state index contributed by atoms with van der Waals surface area (Å²) in [6.45, 7) is 9.68. The summed E-state index contributed by atoms with van der Waals surface area (Å²) in [5.74, 6) is -0.0768. The number of amides is 2. The average molecular weight is 367 g/mol. The third-order valence-corrected chi connectivity index (χ3v) is 4.34. The van der Waals surface area contributed by atoms with E-state index in [1.54, 1.807) is 12.1 Å². The van der Waals surface area contributed by atoms with Gasteiger partial charge in [-0.1, -0.05) is 45.9 Å². The maximum absolute atomic E-state index is 12.8. The molecule has 0 aliphatic carbocycles. The summed E-state index contributed by atoms with van der Waals surface area (Å²) in [4.78, 5) is 31.4. The van der Waals surface area contributed by atoms with Gasteiger partial charge >= 0.3 is 0 Å². The van der Waals surface area contributed by atoms with Crippen LogP contribution >= 0.6 is 0 Å². The summed E-state index contributed by atoms with van der Waals surface area (Å²) in [5, 5.41) is 2.93. The molecule has 0 spiro atoms. The lowest BCUT2D eigenvalue weighted by Gasteiger charge is -2.21. The number of benzene rings is 1. The van der Waals surface area contributed by atoms with Crippen molar-refractivity contribution >= 4 is 17.5 Å². The van der Waals surface area contributed by atoms with E-state index < -0.39 is 0 Å². The number of para-hydroxylation sites is 1. The van der Waals surface area contributed by atoms with Gasteiger partial charge in [-0.3, -0.25) is 14.6 Å². The Labute approximate surface area is 161 Å². The topological polar surface area (TPSA) is 62.3 Å². The van der Waals surface area contributed by atoms with Gasteiger partial charge in [0.1, 0.15) is 5.69 Å². The van der Waals surface area contributed by atoms with Crippen LogP contribution in [0.5, 0.6) is 0 Å². The molecule has 0 bridgehead atoms. The molecule has 0 radical (unpaired) electrons. The van der Waals surface area contributed by atoms with Crippen molar-refractivity contribution in [3.63, 3.8) is 0 Å². The van der Waals surface area contributed by atoms with Crippen molar-refractivity contribution in [3.05, 3.63) is 59.4 Å². The van der Waals surface area contributed by atoms with Gasteiger partial charge in [-0.05, 0) is 42.5 Å². The maximum atomic E-state index is 12.8. The van der Waals surface area contributed by atoms with Crippen LogP contribution in [0.15, 0.2) is 42.6 Å². The molecule has 2 aromatic rings.